The van der Waals surface area contributed by atoms with Crippen LogP contribution < -0.4 is 5.32 Å². The Balaban J connectivity index is 2.10. The molecule has 0 aliphatic carbocycles. The SMILES string of the molecule is O=S1C(=S)NC/C1=C\Cc1cccc(O)c1. The zero-order valence-corrected chi connectivity index (χ0v) is 10.1. The fourth-order valence-electron chi connectivity index (χ4n) is 1.47. The largest absolute Gasteiger partial charge is 0.508 e. The maximum Gasteiger partial charge on any atom is 0.169 e. The lowest BCUT2D eigenvalue weighted by molar-refractivity contribution is 0.474. The van der Waals surface area contributed by atoms with Crippen molar-refractivity contribution in [3.63, 3.8) is 0 Å². The summed E-state index contributed by atoms with van der Waals surface area (Å²) in [4.78, 5) is 0.813. The molecule has 5 heteroatoms. The normalized spacial score (nSPS) is 22.4. The Morgan fingerprint density at radius 1 is 1.56 bits per heavy atom. The quantitative estimate of drug-likeness (QED) is 0.783. The highest BCUT2D eigenvalue weighted by molar-refractivity contribution is 8.15. The van der Waals surface area contributed by atoms with Gasteiger partial charge in [0.15, 0.2) is 4.32 Å². The minimum Gasteiger partial charge on any atom is -0.508 e. The summed E-state index contributed by atoms with van der Waals surface area (Å²) in [5.41, 5.74) is 0.988. The number of phenolic OH excluding ortho intramolecular Hbond substituents is 1. The second kappa shape index (κ2) is 4.76. The van der Waals surface area contributed by atoms with Crippen LogP contribution in [-0.4, -0.2) is 20.2 Å². The number of hydrogen-bond donors (Lipinski definition) is 2. The summed E-state index contributed by atoms with van der Waals surface area (Å²) < 4.78 is 12.0. The zero-order chi connectivity index (χ0) is 11.5. The van der Waals surface area contributed by atoms with Crippen LogP contribution in [0.25, 0.3) is 0 Å². The van der Waals surface area contributed by atoms with Gasteiger partial charge in [-0.3, -0.25) is 0 Å². The second-order valence-electron chi connectivity index (χ2n) is 3.45. The number of phenols is 1. The molecule has 2 N–H and O–H groups in total. The Bertz CT molecular complexity index is 483. The van der Waals surface area contributed by atoms with Crippen LogP contribution in [0.4, 0.5) is 0 Å². The third-order valence-corrected chi connectivity index (χ3v) is 4.16. The molecule has 2 rings (SSSR count). The van der Waals surface area contributed by atoms with Crippen molar-refractivity contribution >= 4 is 27.3 Å². The van der Waals surface area contributed by atoms with Gasteiger partial charge in [-0.25, -0.2) is 4.21 Å². The van der Waals surface area contributed by atoms with Crippen LogP contribution in [0.1, 0.15) is 5.56 Å². The summed E-state index contributed by atoms with van der Waals surface area (Å²) in [5, 5.41) is 12.2. The Hall–Kier alpha value is -1.20. The van der Waals surface area contributed by atoms with Crippen molar-refractivity contribution in [2.75, 3.05) is 6.54 Å². The third-order valence-electron chi connectivity index (χ3n) is 2.29. The predicted molar refractivity (Wildman–Crippen MR) is 68.6 cm³/mol. The number of thiocarbonyl (C=S) groups is 1. The van der Waals surface area contributed by atoms with E-state index in [1.165, 1.54) is 0 Å². The lowest BCUT2D eigenvalue weighted by atomic mass is 10.1. The molecule has 3 nitrogen and oxygen atoms in total. The van der Waals surface area contributed by atoms with Gasteiger partial charge in [0.05, 0.1) is 0 Å². The van der Waals surface area contributed by atoms with Gasteiger partial charge in [0.1, 0.15) is 16.5 Å². The minimum absolute atomic E-state index is 0.247. The summed E-state index contributed by atoms with van der Waals surface area (Å²) >= 11 is 4.88. The minimum atomic E-state index is -1.17. The van der Waals surface area contributed by atoms with Crippen molar-refractivity contribution in [3.05, 3.63) is 40.8 Å². The highest BCUT2D eigenvalue weighted by atomic mass is 32.2. The highest BCUT2D eigenvalue weighted by Crippen LogP contribution is 2.15. The standard InChI is InChI=1S/C11H11NO2S2/c13-9-3-1-2-8(6-9)4-5-10-7-12-11(15)16(10)14/h1-3,5-6,13H,4,7H2,(H,12,15)/b10-5+. The van der Waals surface area contributed by atoms with Gasteiger partial charge in [0, 0.05) is 11.4 Å². The zero-order valence-electron chi connectivity index (χ0n) is 8.47. The molecule has 1 aromatic carbocycles. The summed E-state index contributed by atoms with van der Waals surface area (Å²) in [6, 6.07) is 7.03. The number of nitrogens with one attached hydrogen (secondary N) is 1. The topological polar surface area (TPSA) is 49.3 Å². The Kier molecular flexibility index (Phi) is 3.36. The van der Waals surface area contributed by atoms with Crippen LogP contribution in [0.15, 0.2) is 35.2 Å². The maximum absolute atomic E-state index is 11.6. The van der Waals surface area contributed by atoms with Crippen LogP contribution in [-0.2, 0) is 17.2 Å². The first kappa shape index (κ1) is 11.3. The van der Waals surface area contributed by atoms with Crippen molar-refractivity contribution in [3.8, 4) is 5.75 Å². The van der Waals surface area contributed by atoms with Crippen LogP contribution in [0, 0.1) is 0 Å². The maximum atomic E-state index is 11.6. The molecule has 1 fully saturated rings. The molecule has 0 aromatic heterocycles. The van der Waals surface area contributed by atoms with E-state index in [9.17, 15) is 9.32 Å². The number of hydrogen-bond acceptors (Lipinski definition) is 3. The van der Waals surface area contributed by atoms with E-state index in [0.717, 1.165) is 10.5 Å². The van der Waals surface area contributed by atoms with Gasteiger partial charge in [-0.15, -0.1) is 0 Å². The average molecular weight is 253 g/mol. The molecule has 0 saturated carbocycles. The van der Waals surface area contributed by atoms with Crippen molar-refractivity contribution in [2.45, 2.75) is 6.42 Å². The summed E-state index contributed by atoms with van der Waals surface area (Å²) in [6.45, 7) is 0.560. The summed E-state index contributed by atoms with van der Waals surface area (Å²) in [5.74, 6) is 0.247. The Labute approximate surface area is 102 Å². The third kappa shape index (κ3) is 2.48. The molecule has 0 radical (unpaired) electrons. The monoisotopic (exact) mass is 253 g/mol. The molecule has 84 valence electrons. The van der Waals surface area contributed by atoms with Gasteiger partial charge >= 0.3 is 0 Å². The molecule has 1 aliphatic heterocycles. The van der Waals surface area contributed by atoms with Gasteiger partial charge in [0.25, 0.3) is 0 Å². The molecule has 16 heavy (non-hydrogen) atoms. The summed E-state index contributed by atoms with van der Waals surface area (Å²) in [7, 11) is -1.17. The number of rotatable bonds is 2. The molecule has 1 unspecified atom stereocenters. The molecule has 0 spiro atoms. The van der Waals surface area contributed by atoms with E-state index in [0.29, 0.717) is 17.3 Å². The first-order chi connectivity index (χ1) is 7.66. The molecule has 1 heterocycles. The van der Waals surface area contributed by atoms with E-state index >= 15 is 0 Å². The van der Waals surface area contributed by atoms with E-state index in [4.69, 9.17) is 12.2 Å². The van der Waals surface area contributed by atoms with Gasteiger partial charge in [0.2, 0.25) is 0 Å². The van der Waals surface area contributed by atoms with Crippen LogP contribution >= 0.6 is 12.2 Å². The van der Waals surface area contributed by atoms with Crippen LogP contribution in [0.5, 0.6) is 5.75 Å². The number of benzene rings is 1. The number of allylic oxidation sites excluding steroid dienone is 1. The Morgan fingerprint density at radius 3 is 3.00 bits per heavy atom. The van der Waals surface area contributed by atoms with Crippen molar-refractivity contribution < 1.29 is 9.32 Å². The van der Waals surface area contributed by atoms with Crippen molar-refractivity contribution in [1.29, 1.82) is 0 Å². The molecular weight excluding hydrogens is 242 g/mol. The van der Waals surface area contributed by atoms with E-state index < -0.39 is 10.8 Å². The van der Waals surface area contributed by atoms with Gasteiger partial charge in [-0.1, -0.05) is 18.2 Å². The first-order valence-electron chi connectivity index (χ1n) is 4.83. The Morgan fingerprint density at radius 2 is 2.38 bits per heavy atom. The van der Waals surface area contributed by atoms with Gasteiger partial charge in [-0.2, -0.15) is 0 Å². The fourth-order valence-corrected chi connectivity index (χ4v) is 2.75. The van der Waals surface area contributed by atoms with E-state index in [-0.39, 0.29) is 5.75 Å². The van der Waals surface area contributed by atoms with E-state index in [1.807, 2.05) is 12.1 Å². The van der Waals surface area contributed by atoms with Gasteiger partial charge in [-0.05, 0) is 36.3 Å². The molecule has 1 atom stereocenters. The van der Waals surface area contributed by atoms with Crippen LogP contribution in [0.3, 0.4) is 0 Å². The molecule has 0 bridgehead atoms. The van der Waals surface area contributed by atoms with E-state index in [1.54, 1.807) is 18.2 Å². The molecule has 1 aromatic rings. The van der Waals surface area contributed by atoms with Crippen molar-refractivity contribution in [2.24, 2.45) is 0 Å². The smallest absolute Gasteiger partial charge is 0.169 e. The second-order valence-corrected chi connectivity index (χ2v) is 5.59. The predicted octanol–water partition coefficient (Wildman–Crippen LogP) is 1.46. The molecule has 0 amide bonds. The highest BCUT2D eigenvalue weighted by Gasteiger charge is 2.20. The lowest BCUT2D eigenvalue weighted by Gasteiger charge is -1.98. The van der Waals surface area contributed by atoms with Crippen molar-refractivity contribution in [1.82, 2.24) is 5.32 Å². The van der Waals surface area contributed by atoms with Gasteiger partial charge < -0.3 is 10.4 Å². The van der Waals surface area contributed by atoms with E-state index in [2.05, 4.69) is 5.32 Å². The molecular formula is C11H11NO2S2. The number of aromatic hydroxyl groups is 1. The average Bonchev–Trinajstić information content (AvgIpc) is 2.57. The summed E-state index contributed by atoms with van der Waals surface area (Å²) in [6.07, 6.45) is 2.55. The first-order valence-corrected chi connectivity index (χ1v) is 6.39. The van der Waals surface area contributed by atoms with Crippen LogP contribution in [0.2, 0.25) is 0 Å². The molecule has 1 aliphatic rings. The molecule has 1 saturated heterocycles. The lowest BCUT2D eigenvalue weighted by Crippen LogP contribution is -2.12. The fraction of sp³-hybridized carbons (Fsp3) is 0.182.